The van der Waals surface area contributed by atoms with Gasteiger partial charge in [-0.1, -0.05) is 48.5 Å². The third kappa shape index (κ3) is 3.72. The molecule has 0 unspecified atom stereocenters. The Kier molecular flexibility index (Phi) is 4.61. The number of amides is 1. The molecule has 1 amide bonds. The van der Waals surface area contributed by atoms with E-state index in [-0.39, 0.29) is 5.91 Å². The van der Waals surface area contributed by atoms with Crippen LogP contribution in [0.4, 0.5) is 5.69 Å². The van der Waals surface area contributed by atoms with E-state index in [1.54, 1.807) is 6.20 Å². The number of aromatic nitrogens is 1. The van der Waals surface area contributed by atoms with Crippen molar-refractivity contribution in [3.05, 3.63) is 95.3 Å². The summed E-state index contributed by atoms with van der Waals surface area (Å²) in [6.07, 6.45) is 8.10. The standard InChI is InChI=1S/C23H20N2O/c26-23-11-9-20-15-19(8-10-22(20)25-23)21(13-17-5-2-1-3-6-17)14-18-7-4-12-24-16-18/h1-8,10,12-13,15-16H,9,11,14H2,(H,25,26). The molecular formula is C23H20N2O. The number of hydrogen-bond donors (Lipinski definition) is 1. The molecule has 0 atom stereocenters. The van der Waals surface area contributed by atoms with Crippen LogP contribution in [0.15, 0.2) is 73.1 Å². The lowest BCUT2D eigenvalue weighted by Crippen LogP contribution is -2.18. The average Bonchev–Trinajstić information content (AvgIpc) is 2.69. The number of anilines is 1. The smallest absolute Gasteiger partial charge is 0.224 e. The fourth-order valence-electron chi connectivity index (χ4n) is 3.29. The molecule has 1 N–H and O–H groups in total. The van der Waals surface area contributed by atoms with Gasteiger partial charge in [0.05, 0.1) is 0 Å². The van der Waals surface area contributed by atoms with Crippen LogP contribution < -0.4 is 5.32 Å². The first-order valence-corrected chi connectivity index (χ1v) is 8.85. The summed E-state index contributed by atoms with van der Waals surface area (Å²) in [5.74, 6) is 0.0978. The minimum atomic E-state index is 0.0978. The Hall–Kier alpha value is -3.20. The van der Waals surface area contributed by atoms with Gasteiger partial charge in [-0.25, -0.2) is 0 Å². The van der Waals surface area contributed by atoms with E-state index in [0.717, 1.165) is 18.5 Å². The molecule has 0 saturated carbocycles. The summed E-state index contributed by atoms with van der Waals surface area (Å²) in [6.45, 7) is 0. The number of rotatable bonds is 4. The van der Waals surface area contributed by atoms with Crippen LogP contribution in [0.3, 0.4) is 0 Å². The molecule has 4 rings (SSSR count). The van der Waals surface area contributed by atoms with E-state index in [4.69, 9.17) is 0 Å². The predicted molar refractivity (Wildman–Crippen MR) is 106 cm³/mol. The Morgan fingerprint density at radius 1 is 1.04 bits per heavy atom. The van der Waals surface area contributed by atoms with Crippen molar-refractivity contribution in [3.8, 4) is 0 Å². The predicted octanol–water partition coefficient (Wildman–Crippen LogP) is 4.75. The van der Waals surface area contributed by atoms with Crippen molar-refractivity contribution >= 4 is 23.2 Å². The molecule has 26 heavy (non-hydrogen) atoms. The van der Waals surface area contributed by atoms with E-state index in [1.807, 2.05) is 24.4 Å². The molecule has 0 bridgehead atoms. The fraction of sp³-hybridized carbons (Fsp3) is 0.130. The molecule has 0 aliphatic carbocycles. The topological polar surface area (TPSA) is 42.0 Å². The Morgan fingerprint density at radius 2 is 1.92 bits per heavy atom. The molecule has 0 saturated heterocycles. The van der Waals surface area contributed by atoms with Gasteiger partial charge >= 0.3 is 0 Å². The monoisotopic (exact) mass is 340 g/mol. The van der Waals surface area contributed by atoms with Crippen LogP contribution in [0.5, 0.6) is 0 Å². The second kappa shape index (κ2) is 7.36. The number of nitrogens with zero attached hydrogens (tertiary/aromatic N) is 1. The minimum absolute atomic E-state index is 0.0978. The van der Waals surface area contributed by atoms with E-state index < -0.39 is 0 Å². The average molecular weight is 340 g/mol. The zero-order valence-corrected chi connectivity index (χ0v) is 14.5. The van der Waals surface area contributed by atoms with Crippen LogP contribution in [0, 0.1) is 0 Å². The summed E-state index contributed by atoms with van der Waals surface area (Å²) >= 11 is 0. The van der Waals surface area contributed by atoms with Crippen molar-refractivity contribution in [3.63, 3.8) is 0 Å². The summed E-state index contributed by atoms with van der Waals surface area (Å²) in [5.41, 5.74) is 6.92. The van der Waals surface area contributed by atoms with Crippen molar-refractivity contribution < 1.29 is 4.79 Å². The van der Waals surface area contributed by atoms with Crippen molar-refractivity contribution in [2.75, 3.05) is 5.32 Å². The van der Waals surface area contributed by atoms with Gasteiger partial charge in [0.2, 0.25) is 5.91 Å². The zero-order valence-electron chi connectivity index (χ0n) is 14.5. The van der Waals surface area contributed by atoms with Crippen LogP contribution in [0.25, 0.3) is 11.6 Å². The summed E-state index contributed by atoms with van der Waals surface area (Å²) in [5, 5.41) is 2.96. The third-order valence-electron chi connectivity index (χ3n) is 4.63. The lowest BCUT2D eigenvalue weighted by Gasteiger charge is -2.18. The van der Waals surface area contributed by atoms with Crippen LogP contribution >= 0.6 is 0 Å². The van der Waals surface area contributed by atoms with Gasteiger partial charge in [-0.2, -0.15) is 0 Å². The first kappa shape index (κ1) is 16.3. The first-order valence-electron chi connectivity index (χ1n) is 8.85. The molecule has 1 aliphatic heterocycles. The lowest BCUT2D eigenvalue weighted by molar-refractivity contribution is -0.116. The molecule has 128 valence electrons. The van der Waals surface area contributed by atoms with Crippen molar-refractivity contribution in [2.45, 2.75) is 19.3 Å². The van der Waals surface area contributed by atoms with Gasteiger partial charge in [0.15, 0.2) is 0 Å². The molecule has 2 heterocycles. The molecule has 3 aromatic rings. The van der Waals surface area contributed by atoms with E-state index in [0.29, 0.717) is 6.42 Å². The van der Waals surface area contributed by atoms with Crippen LogP contribution in [-0.2, 0) is 17.6 Å². The highest BCUT2D eigenvalue weighted by molar-refractivity contribution is 5.94. The first-order chi connectivity index (χ1) is 12.8. The maximum Gasteiger partial charge on any atom is 0.224 e. The van der Waals surface area contributed by atoms with Crippen molar-refractivity contribution in [2.24, 2.45) is 0 Å². The molecule has 2 aromatic carbocycles. The third-order valence-corrected chi connectivity index (χ3v) is 4.63. The largest absolute Gasteiger partial charge is 0.326 e. The van der Waals surface area contributed by atoms with Crippen LogP contribution in [0.2, 0.25) is 0 Å². The number of fused-ring (bicyclic) bond motifs is 1. The van der Waals surface area contributed by atoms with Gasteiger partial charge in [-0.05, 0) is 58.9 Å². The molecule has 3 nitrogen and oxygen atoms in total. The number of carbonyl (C=O) groups excluding carboxylic acids is 1. The SMILES string of the molecule is O=C1CCc2cc(C(=Cc3ccccc3)Cc3cccnc3)ccc2N1. The zero-order chi connectivity index (χ0) is 17.8. The number of allylic oxidation sites excluding steroid dienone is 1. The maximum atomic E-state index is 11.6. The van der Waals surface area contributed by atoms with E-state index in [2.05, 4.69) is 58.8 Å². The quantitative estimate of drug-likeness (QED) is 0.697. The van der Waals surface area contributed by atoms with Gasteiger partial charge in [0.1, 0.15) is 0 Å². The molecule has 1 aliphatic rings. The van der Waals surface area contributed by atoms with Crippen molar-refractivity contribution in [1.29, 1.82) is 0 Å². The highest BCUT2D eigenvalue weighted by Gasteiger charge is 2.16. The van der Waals surface area contributed by atoms with Crippen molar-refractivity contribution in [1.82, 2.24) is 4.98 Å². The number of benzene rings is 2. The van der Waals surface area contributed by atoms with Crippen LogP contribution in [0.1, 0.15) is 28.7 Å². The number of pyridine rings is 1. The second-order valence-electron chi connectivity index (χ2n) is 6.54. The molecule has 0 fully saturated rings. The highest BCUT2D eigenvalue weighted by Crippen LogP contribution is 2.29. The number of nitrogens with one attached hydrogen (secondary N) is 1. The highest BCUT2D eigenvalue weighted by atomic mass is 16.1. The normalized spacial score (nSPS) is 13.8. The molecule has 3 heteroatoms. The van der Waals surface area contributed by atoms with Gasteiger partial charge in [0.25, 0.3) is 0 Å². The Bertz CT molecular complexity index is 946. The molecule has 0 radical (unpaired) electrons. The van der Waals surface area contributed by atoms with E-state index in [1.165, 1.54) is 27.8 Å². The summed E-state index contributed by atoms with van der Waals surface area (Å²) < 4.78 is 0. The van der Waals surface area contributed by atoms with Gasteiger partial charge < -0.3 is 5.32 Å². The molecule has 0 spiro atoms. The van der Waals surface area contributed by atoms with E-state index in [9.17, 15) is 4.79 Å². The second-order valence-corrected chi connectivity index (χ2v) is 6.54. The fourth-order valence-corrected chi connectivity index (χ4v) is 3.29. The lowest BCUT2D eigenvalue weighted by atomic mass is 9.93. The van der Waals surface area contributed by atoms with Gasteiger partial charge in [0, 0.05) is 24.5 Å². The Balaban J connectivity index is 1.73. The van der Waals surface area contributed by atoms with Gasteiger partial charge in [-0.3, -0.25) is 9.78 Å². The number of hydrogen-bond acceptors (Lipinski definition) is 2. The summed E-state index contributed by atoms with van der Waals surface area (Å²) in [4.78, 5) is 15.8. The van der Waals surface area contributed by atoms with E-state index >= 15 is 0 Å². The Labute approximate surface area is 153 Å². The number of carbonyl (C=O) groups is 1. The van der Waals surface area contributed by atoms with Gasteiger partial charge in [-0.15, -0.1) is 0 Å². The molecular weight excluding hydrogens is 320 g/mol. The Morgan fingerprint density at radius 3 is 2.73 bits per heavy atom. The summed E-state index contributed by atoms with van der Waals surface area (Å²) in [6, 6.07) is 20.7. The summed E-state index contributed by atoms with van der Waals surface area (Å²) in [7, 11) is 0. The minimum Gasteiger partial charge on any atom is -0.326 e. The maximum absolute atomic E-state index is 11.6. The number of aryl methyl sites for hydroxylation is 1. The van der Waals surface area contributed by atoms with Crippen LogP contribution in [-0.4, -0.2) is 10.9 Å². The molecule has 1 aromatic heterocycles.